The van der Waals surface area contributed by atoms with E-state index in [9.17, 15) is 4.79 Å². The summed E-state index contributed by atoms with van der Waals surface area (Å²) < 4.78 is 0.754. The molecular weight excluding hydrogens is 194 g/mol. The van der Waals surface area contributed by atoms with Gasteiger partial charge in [0.1, 0.15) is 6.29 Å². The minimum atomic E-state index is 0.0153. The first-order valence-electron chi connectivity index (χ1n) is 4.78. The van der Waals surface area contributed by atoms with E-state index >= 15 is 0 Å². The molecule has 0 spiro atoms. The van der Waals surface area contributed by atoms with E-state index in [4.69, 9.17) is 4.79 Å². The van der Waals surface area contributed by atoms with Gasteiger partial charge in [0.2, 0.25) is 5.91 Å². The zero-order valence-electron chi connectivity index (χ0n) is 10.1. The number of quaternary nitrogens is 1. The van der Waals surface area contributed by atoms with Crippen molar-refractivity contribution in [3.05, 3.63) is 0 Å². The van der Waals surface area contributed by atoms with Crippen molar-refractivity contribution in [2.75, 3.05) is 33.9 Å². The van der Waals surface area contributed by atoms with E-state index in [0.29, 0.717) is 13.2 Å². The number of carbonyl (C=O) groups excluding carboxylic acids is 2. The lowest BCUT2D eigenvalue weighted by molar-refractivity contribution is -0.888. The second-order valence-electron chi connectivity index (χ2n) is 3.74. The summed E-state index contributed by atoms with van der Waals surface area (Å²) in [6, 6.07) is 0. The fourth-order valence-corrected chi connectivity index (χ4v) is 0.876. The second-order valence-corrected chi connectivity index (χ2v) is 3.74. The Kier molecular flexibility index (Phi) is 10.1. The Labute approximate surface area is 91.8 Å². The highest BCUT2D eigenvalue weighted by Crippen LogP contribution is 1.94. The van der Waals surface area contributed by atoms with Gasteiger partial charge in [0.15, 0.2) is 6.67 Å². The molecule has 15 heavy (non-hydrogen) atoms. The van der Waals surface area contributed by atoms with E-state index in [1.54, 1.807) is 0 Å². The molecule has 1 amide bonds. The molecule has 0 bridgehead atoms. The predicted octanol–water partition coefficient (Wildman–Crippen LogP) is 0.0622. The molecule has 5 nitrogen and oxygen atoms in total. The van der Waals surface area contributed by atoms with Crippen molar-refractivity contribution in [3.63, 3.8) is 0 Å². The van der Waals surface area contributed by atoms with E-state index in [0.717, 1.165) is 17.3 Å². The predicted molar refractivity (Wildman–Crippen MR) is 61.8 cm³/mol. The minimum absolute atomic E-state index is 0.0153. The van der Waals surface area contributed by atoms with Crippen LogP contribution >= 0.6 is 0 Å². The fraction of sp³-hybridized carbons (Fsp3) is 0.700. The molecule has 0 unspecified atom stereocenters. The lowest BCUT2D eigenvalue weighted by atomic mass is 10.5. The highest BCUT2D eigenvalue weighted by Gasteiger charge is 2.12. The van der Waals surface area contributed by atoms with Crippen molar-refractivity contribution >= 4 is 18.9 Å². The van der Waals surface area contributed by atoms with Crippen molar-refractivity contribution in [2.45, 2.75) is 13.8 Å². The first kappa shape index (κ1) is 16.2. The Bertz CT molecular complexity index is 203. The number of carbonyl (C=O) groups is 2. The van der Waals surface area contributed by atoms with Gasteiger partial charge in [-0.2, -0.15) is 0 Å². The van der Waals surface area contributed by atoms with Crippen molar-refractivity contribution in [2.24, 2.45) is 4.99 Å². The van der Waals surface area contributed by atoms with E-state index in [1.165, 1.54) is 13.8 Å². The largest absolute Gasteiger partial charge is 0.351 e. The van der Waals surface area contributed by atoms with Crippen LogP contribution in [0.4, 0.5) is 0 Å². The maximum atomic E-state index is 10.5. The summed E-state index contributed by atoms with van der Waals surface area (Å²) in [5.41, 5.74) is 0. The second kappa shape index (κ2) is 9.33. The van der Waals surface area contributed by atoms with Crippen LogP contribution in [0.3, 0.4) is 0 Å². The van der Waals surface area contributed by atoms with Gasteiger partial charge in [0, 0.05) is 6.92 Å². The van der Waals surface area contributed by atoms with Crippen LogP contribution in [-0.2, 0) is 9.59 Å². The number of amides is 1. The minimum Gasteiger partial charge on any atom is -0.351 e. The first-order valence-corrected chi connectivity index (χ1v) is 4.78. The SMILES string of the molecule is C=NC[N+](C)(C)CCNC(C)=O.CC=O. The van der Waals surface area contributed by atoms with Gasteiger partial charge in [-0.15, -0.1) is 0 Å². The fourth-order valence-electron chi connectivity index (χ4n) is 0.876. The summed E-state index contributed by atoms with van der Waals surface area (Å²) in [4.78, 5) is 23.2. The molecular formula is C10H22N3O2+. The van der Waals surface area contributed by atoms with Gasteiger partial charge < -0.3 is 14.6 Å². The summed E-state index contributed by atoms with van der Waals surface area (Å²) in [6.07, 6.45) is 0.750. The molecule has 0 saturated heterocycles. The van der Waals surface area contributed by atoms with Gasteiger partial charge in [-0.05, 0) is 13.6 Å². The summed E-state index contributed by atoms with van der Waals surface area (Å²) >= 11 is 0. The van der Waals surface area contributed by atoms with E-state index in [2.05, 4.69) is 31.1 Å². The number of aliphatic imine (C=N–C) groups is 1. The molecule has 0 saturated carbocycles. The molecule has 88 valence electrons. The molecule has 0 rings (SSSR count). The molecule has 0 fully saturated rings. The van der Waals surface area contributed by atoms with Crippen LogP contribution in [0.15, 0.2) is 4.99 Å². The Balaban J connectivity index is 0. The maximum Gasteiger partial charge on any atom is 0.217 e. The molecule has 0 radical (unpaired) electrons. The summed E-state index contributed by atoms with van der Waals surface area (Å²) in [7, 11) is 4.10. The average Bonchev–Trinajstić information content (AvgIpc) is 2.03. The maximum absolute atomic E-state index is 10.5. The lowest BCUT2D eigenvalue weighted by Gasteiger charge is -2.27. The van der Waals surface area contributed by atoms with E-state index in [1.807, 2.05) is 0 Å². The molecule has 0 aromatic rings. The molecule has 0 aliphatic carbocycles. The van der Waals surface area contributed by atoms with Crippen molar-refractivity contribution in [1.82, 2.24) is 5.32 Å². The normalized spacial score (nSPS) is 9.60. The van der Waals surface area contributed by atoms with Crippen LogP contribution in [0.2, 0.25) is 0 Å². The van der Waals surface area contributed by atoms with Gasteiger partial charge in [-0.1, -0.05) is 0 Å². The van der Waals surface area contributed by atoms with Crippen LogP contribution in [0.25, 0.3) is 0 Å². The molecule has 5 heteroatoms. The van der Waals surface area contributed by atoms with Crippen molar-refractivity contribution in [3.8, 4) is 0 Å². The monoisotopic (exact) mass is 216 g/mol. The van der Waals surface area contributed by atoms with Gasteiger partial charge in [-0.25, -0.2) is 4.99 Å². The Hall–Kier alpha value is -1.23. The first-order chi connectivity index (χ1) is 6.89. The van der Waals surface area contributed by atoms with E-state index in [-0.39, 0.29) is 5.91 Å². The van der Waals surface area contributed by atoms with Gasteiger partial charge >= 0.3 is 0 Å². The van der Waals surface area contributed by atoms with Crippen molar-refractivity contribution in [1.29, 1.82) is 0 Å². The third kappa shape index (κ3) is 15.5. The molecule has 0 atom stereocenters. The number of hydrogen-bond acceptors (Lipinski definition) is 3. The number of nitrogens with zero attached hydrogens (tertiary/aromatic N) is 2. The topological polar surface area (TPSA) is 58.5 Å². The molecule has 0 aromatic heterocycles. The number of aldehydes is 1. The summed E-state index contributed by atoms with van der Waals surface area (Å²) in [5.74, 6) is 0.0153. The number of hydrogen-bond donors (Lipinski definition) is 1. The molecule has 0 aromatic carbocycles. The van der Waals surface area contributed by atoms with Crippen LogP contribution in [0, 0.1) is 0 Å². The summed E-state index contributed by atoms with van der Waals surface area (Å²) in [6.45, 7) is 8.65. The Morgan fingerprint density at radius 2 is 2.00 bits per heavy atom. The zero-order valence-corrected chi connectivity index (χ0v) is 10.1. The van der Waals surface area contributed by atoms with Crippen molar-refractivity contribution < 1.29 is 14.1 Å². The third-order valence-electron chi connectivity index (χ3n) is 1.57. The van der Waals surface area contributed by atoms with E-state index < -0.39 is 0 Å². The number of likely N-dealkylation sites (N-methyl/N-ethyl adjacent to an activating group) is 1. The number of rotatable bonds is 5. The molecule has 0 heterocycles. The van der Waals surface area contributed by atoms with Crippen LogP contribution in [0.5, 0.6) is 0 Å². The molecule has 0 aliphatic heterocycles. The van der Waals surface area contributed by atoms with Gasteiger partial charge in [-0.3, -0.25) is 4.79 Å². The Morgan fingerprint density at radius 1 is 1.53 bits per heavy atom. The van der Waals surface area contributed by atoms with Crippen LogP contribution in [0.1, 0.15) is 13.8 Å². The quantitative estimate of drug-likeness (QED) is 0.401. The average molecular weight is 216 g/mol. The Morgan fingerprint density at radius 3 is 2.33 bits per heavy atom. The summed E-state index contributed by atoms with van der Waals surface area (Å²) in [5, 5.41) is 2.74. The van der Waals surface area contributed by atoms with Gasteiger partial charge in [0.25, 0.3) is 0 Å². The smallest absolute Gasteiger partial charge is 0.217 e. The molecule has 1 N–H and O–H groups in total. The van der Waals surface area contributed by atoms with Crippen LogP contribution < -0.4 is 5.32 Å². The third-order valence-corrected chi connectivity index (χ3v) is 1.57. The van der Waals surface area contributed by atoms with Crippen LogP contribution in [-0.4, -0.2) is 57.2 Å². The van der Waals surface area contributed by atoms with Gasteiger partial charge in [0.05, 0.1) is 27.2 Å². The molecule has 0 aliphatic rings. The zero-order chi connectivity index (χ0) is 12.3. The highest BCUT2D eigenvalue weighted by molar-refractivity contribution is 5.72. The standard InChI is InChI=1S/C8H17N3O.C2H4O/c1-8(12)10-5-6-11(3,4)7-9-2;1-2-3/h2,5-7H2,1,3-4H3;2H,1H3/p+1. The lowest BCUT2D eigenvalue weighted by Crippen LogP contribution is -2.45. The number of nitrogens with one attached hydrogen (secondary N) is 1. The highest BCUT2D eigenvalue weighted by atomic mass is 16.1.